The third-order valence-corrected chi connectivity index (χ3v) is 6.52. The second-order valence-electron chi connectivity index (χ2n) is 8.85. The molecule has 3 aliphatic rings. The van der Waals surface area contributed by atoms with E-state index in [1.54, 1.807) is 0 Å². The zero-order valence-corrected chi connectivity index (χ0v) is 18.8. The van der Waals surface area contributed by atoms with E-state index in [0.29, 0.717) is 18.5 Å². The predicted molar refractivity (Wildman–Crippen MR) is 122 cm³/mol. The van der Waals surface area contributed by atoms with E-state index in [1.807, 2.05) is 48.5 Å². The minimum Gasteiger partial charge on any atom is -0.445 e. The molecule has 3 amide bonds. The summed E-state index contributed by atoms with van der Waals surface area (Å²) in [5, 5.41) is 15.2. The van der Waals surface area contributed by atoms with Gasteiger partial charge in [-0.25, -0.2) is 4.79 Å². The molecule has 2 aromatic carbocycles. The Morgan fingerprint density at radius 3 is 2.54 bits per heavy atom. The topological polar surface area (TPSA) is 134 Å². The Bertz CT molecular complexity index is 1170. The van der Waals surface area contributed by atoms with Gasteiger partial charge in [-0.2, -0.15) is 0 Å². The molecule has 10 nitrogen and oxygen atoms in total. The Morgan fingerprint density at radius 2 is 1.80 bits per heavy atom. The van der Waals surface area contributed by atoms with Gasteiger partial charge in [-0.3, -0.25) is 19.3 Å². The molecule has 4 atom stereocenters. The molecule has 1 fully saturated rings. The zero-order chi connectivity index (χ0) is 24.5. The van der Waals surface area contributed by atoms with E-state index in [-0.39, 0.29) is 19.4 Å². The monoisotopic (exact) mass is 479 g/mol. The third-order valence-electron chi connectivity index (χ3n) is 6.52. The Morgan fingerprint density at radius 1 is 1.03 bits per heavy atom. The van der Waals surface area contributed by atoms with E-state index in [1.165, 1.54) is 4.90 Å². The van der Waals surface area contributed by atoms with Crippen molar-refractivity contribution < 1.29 is 33.8 Å². The van der Waals surface area contributed by atoms with E-state index in [0.717, 1.165) is 16.7 Å². The second kappa shape index (κ2) is 9.38. The number of aryl methyl sites for hydroxylation is 1. The van der Waals surface area contributed by atoms with Crippen molar-refractivity contribution in [3.05, 3.63) is 65.2 Å². The molecule has 1 unspecified atom stereocenters. The Hall–Kier alpha value is -3.92. The molecule has 3 heterocycles. The van der Waals surface area contributed by atoms with Gasteiger partial charge in [0.1, 0.15) is 24.7 Å². The smallest absolute Gasteiger partial charge is 0.408 e. The van der Waals surface area contributed by atoms with Crippen molar-refractivity contribution in [3.63, 3.8) is 0 Å². The summed E-state index contributed by atoms with van der Waals surface area (Å²) in [6.07, 6.45) is -1.13. The van der Waals surface area contributed by atoms with E-state index in [9.17, 15) is 24.3 Å². The van der Waals surface area contributed by atoms with Crippen LogP contribution < -0.4 is 15.5 Å². The Balaban J connectivity index is 1.32. The van der Waals surface area contributed by atoms with E-state index < -0.39 is 48.3 Å². The molecule has 0 bridgehead atoms. The lowest BCUT2D eigenvalue weighted by Crippen LogP contribution is -2.56. The van der Waals surface area contributed by atoms with Crippen LogP contribution in [-0.2, 0) is 43.3 Å². The number of carbonyl (C=O) groups is 4. The average molecular weight is 479 g/mol. The first kappa shape index (κ1) is 22.9. The molecule has 3 aliphatic heterocycles. The molecule has 0 spiro atoms. The average Bonchev–Trinajstić information content (AvgIpc) is 3.35. The second-order valence-corrected chi connectivity index (χ2v) is 8.85. The number of amides is 3. The van der Waals surface area contributed by atoms with Gasteiger partial charge in [-0.05, 0) is 29.5 Å². The largest absolute Gasteiger partial charge is 0.445 e. The van der Waals surface area contributed by atoms with Gasteiger partial charge in [0.25, 0.3) is 0 Å². The maximum absolute atomic E-state index is 13.6. The summed E-state index contributed by atoms with van der Waals surface area (Å²) < 4.78 is 9.99. The molecule has 0 radical (unpaired) electrons. The number of carbonyl (C=O) groups excluding carboxylic acids is 4. The number of benzene rings is 2. The molecule has 35 heavy (non-hydrogen) atoms. The van der Waals surface area contributed by atoms with Crippen LogP contribution in [0.1, 0.15) is 29.5 Å². The fourth-order valence-corrected chi connectivity index (χ4v) is 4.83. The van der Waals surface area contributed by atoms with Crippen LogP contribution in [0.2, 0.25) is 0 Å². The first-order chi connectivity index (χ1) is 16.9. The molecule has 182 valence electrons. The highest BCUT2D eigenvalue weighted by Crippen LogP contribution is 2.39. The molecule has 0 saturated carbocycles. The lowest BCUT2D eigenvalue weighted by Gasteiger charge is -2.28. The van der Waals surface area contributed by atoms with Crippen LogP contribution in [-0.4, -0.2) is 53.4 Å². The molecule has 0 aliphatic carbocycles. The van der Waals surface area contributed by atoms with Crippen LogP contribution in [0, 0.1) is 0 Å². The minimum atomic E-state index is -1.43. The van der Waals surface area contributed by atoms with Crippen molar-refractivity contribution in [2.75, 3.05) is 4.90 Å². The highest BCUT2D eigenvalue weighted by Gasteiger charge is 2.45. The standard InChI is InChI=1S/C25H25N3O7/c29-20-12-18(24(32)35-20)26-22(30)19-11-16-8-4-7-15-9-10-17(23(31)28(19)21(15)16)27-25(33)34-13-14-5-2-1-3-6-14/h1-8,17-19,24,32H,9-13H2,(H,26,30)(H,27,33)/t17-,18-,19-,24?/m0/s1. The predicted octanol–water partition coefficient (Wildman–Crippen LogP) is 0.936. The van der Waals surface area contributed by atoms with E-state index in [4.69, 9.17) is 9.47 Å². The van der Waals surface area contributed by atoms with Gasteiger partial charge in [0, 0.05) is 6.42 Å². The molecule has 3 N–H and O–H groups in total. The van der Waals surface area contributed by atoms with Gasteiger partial charge in [0.15, 0.2) is 0 Å². The zero-order valence-electron chi connectivity index (χ0n) is 18.8. The number of para-hydroxylation sites is 1. The van der Waals surface area contributed by atoms with Crippen molar-refractivity contribution in [3.8, 4) is 0 Å². The van der Waals surface area contributed by atoms with Crippen LogP contribution >= 0.6 is 0 Å². The van der Waals surface area contributed by atoms with Crippen molar-refractivity contribution in [2.24, 2.45) is 0 Å². The van der Waals surface area contributed by atoms with Crippen LogP contribution in [0.25, 0.3) is 0 Å². The number of aliphatic hydroxyl groups excluding tert-OH is 1. The van der Waals surface area contributed by atoms with Crippen molar-refractivity contribution in [1.29, 1.82) is 0 Å². The van der Waals surface area contributed by atoms with Gasteiger partial charge < -0.3 is 25.2 Å². The summed E-state index contributed by atoms with van der Waals surface area (Å²) in [5.74, 6) is -1.52. The molecular formula is C25H25N3O7. The fourth-order valence-electron chi connectivity index (χ4n) is 4.83. The van der Waals surface area contributed by atoms with Crippen molar-refractivity contribution >= 4 is 29.6 Å². The molecule has 2 aromatic rings. The summed E-state index contributed by atoms with van der Waals surface area (Å²) in [6.45, 7) is 0.0667. The van der Waals surface area contributed by atoms with Crippen molar-refractivity contribution in [1.82, 2.24) is 10.6 Å². The number of hydrogen-bond acceptors (Lipinski definition) is 7. The number of esters is 1. The molecular weight excluding hydrogens is 454 g/mol. The number of aliphatic hydroxyl groups is 1. The van der Waals surface area contributed by atoms with Crippen LogP contribution in [0.15, 0.2) is 48.5 Å². The third kappa shape index (κ3) is 4.57. The van der Waals surface area contributed by atoms with Gasteiger partial charge in [-0.15, -0.1) is 0 Å². The number of anilines is 1. The highest BCUT2D eigenvalue weighted by molar-refractivity contribution is 6.07. The van der Waals surface area contributed by atoms with Gasteiger partial charge in [-0.1, -0.05) is 48.5 Å². The first-order valence-electron chi connectivity index (χ1n) is 11.5. The van der Waals surface area contributed by atoms with Crippen LogP contribution in [0.5, 0.6) is 0 Å². The molecule has 5 rings (SSSR count). The first-order valence-corrected chi connectivity index (χ1v) is 11.5. The van der Waals surface area contributed by atoms with Crippen molar-refractivity contribution in [2.45, 2.75) is 56.7 Å². The lowest BCUT2D eigenvalue weighted by molar-refractivity contribution is -0.155. The summed E-state index contributed by atoms with van der Waals surface area (Å²) in [7, 11) is 0. The molecule has 0 aromatic heterocycles. The maximum Gasteiger partial charge on any atom is 0.408 e. The molecule has 1 saturated heterocycles. The summed E-state index contributed by atoms with van der Waals surface area (Å²) >= 11 is 0. The lowest BCUT2D eigenvalue weighted by atomic mass is 10.0. The molecule has 10 heteroatoms. The minimum absolute atomic E-state index is 0.0667. The summed E-state index contributed by atoms with van der Waals surface area (Å²) in [5.41, 5.74) is 3.26. The van der Waals surface area contributed by atoms with E-state index in [2.05, 4.69) is 10.6 Å². The quantitative estimate of drug-likeness (QED) is 0.543. The number of alkyl carbamates (subject to hydrolysis) is 1. The van der Waals surface area contributed by atoms with E-state index >= 15 is 0 Å². The normalized spacial score (nSPS) is 24.9. The highest BCUT2D eigenvalue weighted by atomic mass is 16.6. The van der Waals surface area contributed by atoms with Gasteiger partial charge in [0.2, 0.25) is 18.1 Å². The van der Waals surface area contributed by atoms with Crippen LogP contribution in [0.3, 0.4) is 0 Å². The SMILES string of the molecule is O=C1C[C@H](NC(=O)[C@@H]2Cc3cccc4c3N2C(=O)[C@@H](NC(=O)OCc2ccccc2)CC4)C(O)O1. The van der Waals surface area contributed by atoms with Gasteiger partial charge in [0.05, 0.1) is 12.1 Å². The summed E-state index contributed by atoms with van der Waals surface area (Å²) in [6, 6.07) is 12.2. The number of cyclic esters (lactones) is 1. The Labute approximate surface area is 201 Å². The fraction of sp³-hybridized carbons (Fsp3) is 0.360. The maximum atomic E-state index is 13.6. The van der Waals surface area contributed by atoms with Crippen LogP contribution in [0.4, 0.5) is 10.5 Å². The Kier molecular flexibility index (Phi) is 6.12. The number of hydrogen-bond donors (Lipinski definition) is 3. The van der Waals surface area contributed by atoms with Gasteiger partial charge >= 0.3 is 12.1 Å². The number of nitrogens with zero attached hydrogens (tertiary/aromatic N) is 1. The number of nitrogens with one attached hydrogen (secondary N) is 2. The summed E-state index contributed by atoms with van der Waals surface area (Å²) in [4.78, 5) is 52.1. The number of rotatable bonds is 5. The number of ether oxygens (including phenoxy) is 2.